The van der Waals surface area contributed by atoms with E-state index < -0.39 is 13.4 Å². The lowest BCUT2D eigenvalue weighted by Gasteiger charge is -2.25. The Morgan fingerprint density at radius 1 is 1.04 bits per heavy atom. The third-order valence-corrected chi connectivity index (χ3v) is 6.50. The van der Waals surface area contributed by atoms with Gasteiger partial charge in [0.2, 0.25) is 0 Å². The van der Waals surface area contributed by atoms with E-state index in [9.17, 15) is 4.57 Å². The molecular weight excluding hydrogens is 337 g/mol. The van der Waals surface area contributed by atoms with Crippen LogP contribution in [0.3, 0.4) is 0 Å². The molecule has 1 aliphatic heterocycles. The number of anilines is 1. The van der Waals surface area contributed by atoms with E-state index in [-0.39, 0.29) is 12.2 Å². The van der Waals surface area contributed by atoms with Gasteiger partial charge in [-0.25, -0.2) is 0 Å². The fraction of sp³-hybridized carbons (Fsp3) is 0.368. The van der Waals surface area contributed by atoms with Crippen LogP contribution in [-0.2, 0) is 13.6 Å². The first-order chi connectivity index (χ1) is 12.0. The van der Waals surface area contributed by atoms with Crippen LogP contribution in [0, 0.1) is 0 Å². The van der Waals surface area contributed by atoms with Gasteiger partial charge in [-0.3, -0.25) is 4.57 Å². The van der Waals surface area contributed by atoms with Crippen LogP contribution in [0.5, 0.6) is 5.75 Å². The molecule has 1 heterocycles. The Hall–Kier alpha value is -1.81. The number of hydrogen-bond acceptors (Lipinski definition) is 5. The average Bonchev–Trinajstić information content (AvgIpc) is 2.88. The van der Waals surface area contributed by atoms with Gasteiger partial charge in [0.15, 0.2) is 5.78 Å². The molecule has 6 heteroatoms. The number of hydrogen-bond donors (Lipinski definition) is 1. The third-order valence-electron chi connectivity index (χ3n) is 4.19. The first-order valence-electron chi connectivity index (χ1n) is 8.52. The van der Waals surface area contributed by atoms with Gasteiger partial charge in [0.1, 0.15) is 5.75 Å². The van der Waals surface area contributed by atoms with Crippen molar-refractivity contribution in [3.05, 3.63) is 60.2 Å². The SMILES string of the molecule is CCOc1ccc([C@H](Nc2ccccc2)P2(=O)O[C@@H](C)[C@@H](C)O2)cc1. The normalized spacial score (nSPS) is 27.0. The van der Waals surface area contributed by atoms with Gasteiger partial charge in [-0.1, -0.05) is 30.3 Å². The summed E-state index contributed by atoms with van der Waals surface area (Å²) in [6.45, 7) is 6.30. The Balaban J connectivity index is 1.93. The van der Waals surface area contributed by atoms with Crippen molar-refractivity contribution in [2.75, 3.05) is 11.9 Å². The van der Waals surface area contributed by atoms with E-state index in [1.54, 1.807) is 0 Å². The second-order valence-electron chi connectivity index (χ2n) is 6.08. The minimum Gasteiger partial charge on any atom is -0.494 e. The summed E-state index contributed by atoms with van der Waals surface area (Å²) in [5.74, 6) is 0.191. The fourth-order valence-corrected chi connectivity index (χ4v) is 5.14. The average molecular weight is 361 g/mol. The highest BCUT2D eigenvalue weighted by atomic mass is 31.2. The van der Waals surface area contributed by atoms with Crippen LogP contribution in [0.2, 0.25) is 0 Å². The molecule has 0 spiro atoms. The number of rotatable bonds is 6. The summed E-state index contributed by atoms with van der Waals surface area (Å²) in [5, 5.41) is 3.32. The second kappa shape index (κ2) is 7.61. The quantitative estimate of drug-likeness (QED) is 0.716. The largest absolute Gasteiger partial charge is 0.494 e. The van der Waals surface area contributed by atoms with E-state index >= 15 is 0 Å². The van der Waals surface area contributed by atoms with E-state index in [1.165, 1.54) is 0 Å². The molecule has 5 nitrogen and oxygen atoms in total. The van der Waals surface area contributed by atoms with Crippen molar-refractivity contribution in [1.29, 1.82) is 0 Å². The Bertz CT molecular complexity index is 721. The van der Waals surface area contributed by atoms with Crippen molar-refractivity contribution in [2.24, 2.45) is 0 Å². The maximum Gasteiger partial charge on any atom is 0.357 e. The zero-order valence-corrected chi connectivity index (χ0v) is 15.6. The summed E-state index contributed by atoms with van der Waals surface area (Å²) in [5.41, 5.74) is 1.69. The molecule has 0 aliphatic carbocycles. The standard InChI is InChI=1S/C19H24NO4P/c1-4-22-18-12-10-16(11-13-18)19(20-17-8-6-5-7-9-17)25(21)23-14(2)15(3)24-25/h5-15,19-20H,4H2,1-3H3/t14-,15+,19-,25?/m1/s1. The molecule has 25 heavy (non-hydrogen) atoms. The predicted molar refractivity (Wildman–Crippen MR) is 99.1 cm³/mol. The lowest BCUT2D eigenvalue weighted by Crippen LogP contribution is -2.13. The van der Waals surface area contributed by atoms with Crippen molar-refractivity contribution in [3.8, 4) is 5.75 Å². The van der Waals surface area contributed by atoms with Gasteiger partial charge in [-0.2, -0.15) is 0 Å². The van der Waals surface area contributed by atoms with E-state index in [0.717, 1.165) is 17.0 Å². The molecule has 1 saturated heterocycles. The van der Waals surface area contributed by atoms with Crippen molar-refractivity contribution in [2.45, 2.75) is 38.8 Å². The highest BCUT2D eigenvalue weighted by molar-refractivity contribution is 7.54. The van der Waals surface area contributed by atoms with Crippen LogP contribution < -0.4 is 10.1 Å². The first kappa shape index (κ1) is 18.0. The fourth-order valence-electron chi connectivity index (χ4n) is 2.73. The molecule has 2 aromatic carbocycles. The van der Waals surface area contributed by atoms with Crippen LogP contribution in [0.4, 0.5) is 5.69 Å². The third kappa shape index (κ3) is 4.06. The minimum absolute atomic E-state index is 0.214. The van der Waals surface area contributed by atoms with Crippen LogP contribution in [-0.4, -0.2) is 18.8 Å². The predicted octanol–water partition coefficient (Wildman–Crippen LogP) is 5.21. The maximum atomic E-state index is 13.4. The van der Waals surface area contributed by atoms with E-state index in [1.807, 2.05) is 75.4 Å². The van der Waals surface area contributed by atoms with Gasteiger partial charge < -0.3 is 19.1 Å². The number of para-hydroxylation sites is 1. The van der Waals surface area contributed by atoms with E-state index in [0.29, 0.717) is 6.61 Å². The zero-order valence-electron chi connectivity index (χ0n) is 14.7. The molecule has 0 saturated carbocycles. The van der Waals surface area contributed by atoms with Gasteiger partial charge in [0, 0.05) is 5.69 Å². The van der Waals surface area contributed by atoms with Crippen LogP contribution in [0.1, 0.15) is 32.1 Å². The molecule has 1 aliphatic rings. The highest BCUT2D eigenvalue weighted by Gasteiger charge is 2.47. The molecule has 0 bridgehead atoms. The summed E-state index contributed by atoms with van der Waals surface area (Å²) < 4.78 is 30.4. The number of nitrogens with one attached hydrogen (secondary N) is 1. The Kier molecular flexibility index (Phi) is 5.48. The molecule has 3 rings (SSSR count). The Labute approximate surface area is 148 Å². The van der Waals surface area contributed by atoms with Gasteiger partial charge in [0.05, 0.1) is 18.8 Å². The van der Waals surface area contributed by atoms with Crippen LogP contribution in [0.25, 0.3) is 0 Å². The lowest BCUT2D eigenvalue weighted by atomic mass is 10.2. The summed E-state index contributed by atoms with van der Waals surface area (Å²) >= 11 is 0. The number of benzene rings is 2. The topological polar surface area (TPSA) is 56.8 Å². The molecule has 134 valence electrons. The molecule has 1 fully saturated rings. The molecule has 1 unspecified atom stereocenters. The molecule has 0 aromatic heterocycles. The van der Waals surface area contributed by atoms with Crippen molar-refractivity contribution in [3.63, 3.8) is 0 Å². The highest BCUT2D eigenvalue weighted by Crippen LogP contribution is 2.66. The van der Waals surface area contributed by atoms with Gasteiger partial charge in [-0.15, -0.1) is 0 Å². The summed E-state index contributed by atoms with van der Waals surface area (Å²) in [4.78, 5) is 0. The minimum atomic E-state index is -3.36. The maximum absolute atomic E-state index is 13.4. The van der Waals surface area contributed by atoms with Crippen LogP contribution in [0.15, 0.2) is 54.6 Å². The second-order valence-corrected chi connectivity index (χ2v) is 8.09. The zero-order chi connectivity index (χ0) is 17.9. The summed E-state index contributed by atoms with van der Waals surface area (Å²) in [7, 11) is -3.36. The van der Waals surface area contributed by atoms with Crippen molar-refractivity contribution >= 4 is 13.3 Å². The van der Waals surface area contributed by atoms with Gasteiger partial charge in [0.25, 0.3) is 0 Å². The molecule has 2 aromatic rings. The number of ether oxygens (including phenoxy) is 1. The molecule has 0 radical (unpaired) electrons. The molecular formula is C19H24NO4P. The monoisotopic (exact) mass is 361 g/mol. The molecule has 1 N–H and O–H groups in total. The first-order valence-corrected chi connectivity index (χ1v) is 10.1. The smallest absolute Gasteiger partial charge is 0.357 e. The van der Waals surface area contributed by atoms with E-state index in [4.69, 9.17) is 13.8 Å². The Morgan fingerprint density at radius 2 is 1.64 bits per heavy atom. The van der Waals surface area contributed by atoms with E-state index in [2.05, 4.69) is 5.32 Å². The summed E-state index contributed by atoms with van der Waals surface area (Å²) in [6.07, 6.45) is -0.429. The van der Waals surface area contributed by atoms with Gasteiger partial charge >= 0.3 is 7.60 Å². The van der Waals surface area contributed by atoms with Crippen molar-refractivity contribution in [1.82, 2.24) is 0 Å². The lowest BCUT2D eigenvalue weighted by molar-refractivity contribution is 0.187. The van der Waals surface area contributed by atoms with Crippen molar-refractivity contribution < 1.29 is 18.3 Å². The Morgan fingerprint density at radius 3 is 2.20 bits per heavy atom. The molecule has 0 amide bonds. The van der Waals surface area contributed by atoms with Gasteiger partial charge in [-0.05, 0) is 50.6 Å². The molecule has 4 atom stereocenters. The van der Waals surface area contributed by atoms with Crippen LogP contribution >= 0.6 is 7.60 Å². The summed E-state index contributed by atoms with van der Waals surface area (Å²) in [6, 6.07) is 17.2.